The molecule has 4 heteroatoms. The highest BCUT2D eigenvalue weighted by Gasteiger charge is 2.23. The molecule has 104 valence electrons. The first-order valence-corrected chi connectivity index (χ1v) is 6.90. The van der Waals surface area contributed by atoms with Crippen molar-refractivity contribution in [3.8, 4) is 0 Å². The summed E-state index contributed by atoms with van der Waals surface area (Å²) in [6, 6.07) is 6.42. The Balaban J connectivity index is 2.19. The molecule has 0 amide bonds. The van der Waals surface area contributed by atoms with Gasteiger partial charge in [-0.1, -0.05) is 25.1 Å². The summed E-state index contributed by atoms with van der Waals surface area (Å²) in [5.74, 6) is -0.736. The Morgan fingerprint density at radius 3 is 3.00 bits per heavy atom. The second-order valence-corrected chi connectivity index (χ2v) is 5.13. The van der Waals surface area contributed by atoms with Gasteiger partial charge in [0.25, 0.3) is 0 Å². The van der Waals surface area contributed by atoms with Crippen LogP contribution in [0.5, 0.6) is 0 Å². The zero-order chi connectivity index (χ0) is 13.8. The fourth-order valence-electron chi connectivity index (χ4n) is 2.83. The summed E-state index contributed by atoms with van der Waals surface area (Å²) in [5, 5.41) is 12.2. The van der Waals surface area contributed by atoms with E-state index >= 15 is 0 Å². The lowest BCUT2D eigenvalue weighted by Gasteiger charge is -2.36. The number of aryl methyl sites for hydroxylation is 2. The monoisotopic (exact) mass is 262 g/mol. The quantitative estimate of drug-likeness (QED) is 0.869. The first-order chi connectivity index (χ1) is 9.11. The van der Waals surface area contributed by atoms with E-state index in [2.05, 4.69) is 42.3 Å². The van der Waals surface area contributed by atoms with Crippen molar-refractivity contribution in [2.24, 2.45) is 0 Å². The van der Waals surface area contributed by atoms with Crippen molar-refractivity contribution < 1.29 is 9.90 Å². The SMILES string of the molecule is CCc1cccc(C)c1N1CCNC(CC(=O)O)C1. The zero-order valence-corrected chi connectivity index (χ0v) is 11.6. The molecule has 0 aliphatic carbocycles. The molecule has 1 fully saturated rings. The molecule has 1 aliphatic heterocycles. The summed E-state index contributed by atoms with van der Waals surface area (Å²) in [6.45, 7) is 6.84. The van der Waals surface area contributed by atoms with Crippen LogP contribution in [0.1, 0.15) is 24.5 Å². The van der Waals surface area contributed by atoms with E-state index in [-0.39, 0.29) is 12.5 Å². The average molecular weight is 262 g/mol. The normalized spacial score (nSPS) is 19.5. The van der Waals surface area contributed by atoms with Crippen molar-refractivity contribution in [3.05, 3.63) is 29.3 Å². The molecule has 2 N–H and O–H groups in total. The van der Waals surface area contributed by atoms with E-state index in [1.165, 1.54) is 16.8 Å². The summed E-state index contributed by atoms with van der Waals surface area (Å²) in [5.41, 5.74) is 3.91. The minimum Gasteiger partial charge on any atom is -0.481 e. The molecule has 1 aromatic rings. The van der Waals surface area contributed by atoms with E-state index in [1.54, 1.807) is 0 Å². The molecule has 0 bridgehead atoms. The minimum absolute atomic E-state index is 0.0376. The Hall–Kier alpha value is -1.55. The first-order valence-electron chi connectivity index (χ1n) is 6.90. The summed E-state index contributed by atoms with van der Waals surface area (Å²) in [7, 11) is 0. The Labute approximate surface area is 114 Å². The van der Waals surface area contributed by atoms with Crippen molar-refractivity contribution in [2.45, 2.75) is 32.7 Å². The summed E-state index contributed by atoms with van der Waals surface area (Å²) in [4.78, 5) is 13.2. The van der Waals surface area contributed by atoms with E-state index in [9.17, 15) is 4.79 Å². The highest BCUT2D eigenvalue weighted by molar-refractivity contribution is 5.68. The van der Waals surface area contributed by atoms with Crippen molar-refractivity contribution in [3.63, 3.8) is 0 Å². The van der Waals surface area contributed by atoms with E-state index in [0.29, 0.717) is 0 Å². The van der Waals surface area contributed by atoms with Gasteiger partial charge in [0.2, 0.25) is 0 Å². The Kier molecular flexibility index (Phi) is 4.43. The summed E-state index contributed by atoms with van der Waals surface area (Å²) < 4.78 is 0. The van der Waals surface area contributed by atoms with Gasteiger partial charge in [-0.15, -0.1) is 0 Å². The molecule has 4 nitrogen and oxygen atoms in total. The number of nitrogens with one attached hydrogen (secondary N) is 1. The molecule has 1 unspecified atom stereocenters. The number of carbonyl (C=O) groups is 1. The molecule has 0 aromatic heterocycles. The van der Waals surface area contributed by atoms with Crippen molar-refractivity contribution in [1.29, 1.82) is 0 Å². The molecule has 1 heterocycles. The zero-order valence-electron chi connectivity index (χ0n) is 11.6. The van der Waals surface area contributed by atoms with Gasteiger partial charge in [-0.3, -0.25) is 4.79 Å². The number of nitrogens with zero attached hydrogens (tertiary/aromatic N) is 1. The highest BCUT2D eigenvalue weighted by Crippen LogP contribution is 2.26. The van der Waals surface area contributed by atoms with Crippen LogP contribution in [0.15, 0.2) is 18.2 Å². The lowest BCUT2D eigenvalue weighted by Crippen LogP contribution is -2.51. The number of anilines is 1. The van der Waals surface area contributed by atoms with Crippen molar-refractivity contribution in [1.82, 2.24) is 5.32 Å². The molecule has 0 saturated carbocycles. The molecule has 19 heavy (non-hydrogen) atoms. The van der Waals surface area contributed by atoms with Gasteiger partial charge >= 0.3 is 5.97 Å². The lowest BCUT2D eigenvalue weighted by atomic mass is 10.0. The largest absolute Gasteiger partial charge is 0.481 e. The fourth-order valence-corrected chi connectivity index (χ4v) is 2.83. The maximum absolute atomic E-state index is 10.8. The molecule has 0 spiro atoms. The predicted octanol–water partition coefficient (Wildman–Crippen LogP) is 1.81. The van der Waals surface area contributed by atoms with Gasteiger partial charge in [-0.2, -0.15) is 0 Å². The van der Waals surface area contributed by atoms with E-state index in [0.717, 1.165) is 26.1 Å². The molecule has 1 aromatic carbocycles. The van der Waals surface area contributed by atoms with Gasteiger partial charge in [0.15, 0.2) is 0 Å². The van der Waals surface area contributed by atoms with Gasteiger partial charge in [-0.05, 0) is 24.5 Å². The summed E-state index contributed by atoms with van der Waals surface area (Å²) in [6.07, 6.45) is 1.19. The fraction of sp³-hybridized carbons (Fsp3) is 0.533. The number of hydrogen-bond acceptors (Lipinski definition) is 3. The van der Waals surface area contributed by atoms with Gasteiger partial charge < -0.3 is 15.3 Å². The van der Waals surface area contributed by atoms with E-state index in [1.807, 2.05) is 0 Å². The molecule has 2 rings (SSSR count). The molecule has 1 aliphatic rings. The first kappa shape index (κ1) is 13.9. The smallest absolute Gasteiger partial charge is 0.304 e. The number of benzene rings is 1. The van der Waals surface area contributed by atoms with E-state index in [4.69, 9.17) is 5.11 Å². The number of rotatable bonds is 4. The van der Waals surface area contributed by atoms with Crippen LogP contribution in [0.4, 0.5) is 5.69 Å². The molecule has 1 saturated heterocycles. The van der Waals surface area contributed by atoms with Crippen molar-refractivity contribution >= 4 is 11.7 Å². The third kappa shape index (κ3) is 3.26. The Morgan fingerprint density at radius 2 is 2.32 bits per heavy atom. The van der Waals surface area contributed by atoms with Crippen LogP contribution in [-0.2, 0) is 11.2 Å². The number of piperazine rings is 1. The summed E-state index contributed by atoms with van der Waals surface area (Å²) >= 11 is 0. The minimum atomic E-state index is -0.736. The van der Waals surface area contributed by atoms with Gasteiger partial charge in [0, 0.05) is 31.4 Å². The third-order valence-corrected chi connectivity index (χ3v) is 3.69. The van der Waals surface area contributed by atoms with Crippen LogP contribution >= 0.6 is 0 Å². The van der Waals surface area contributed by atoms with Crippen LogP contribution in [0, 0.1) is 6.92 Å². The number of carboxylic acids is 1. The second kappa shape index (κ2) is 6.06. The maximum atomic E-state index is 10.8. The lowest BCUT2D eigenvalue weighted by molar-refractivity contribution is -0.137. The average Bonchev–Trinajstić information content (AvgIpc) is 2.37. The van der Waals surface area contributed by atoms with Gasteiger partial charge in [-0.25, -0.2) is 0 Å². The van der Waals surface area contributed by atoms with Crippen LogP contribution in [-0.4, -0.2) is 36.8 Å². The molecule has 0 radical (unpaired) electrons. The van der Waals surface area contributed by atoms with Crippen LogP contribution in [0.3, 0.4) is 0 Å². The number of carboxylic acid groups (broad SMARTS) is 1. The number of aliphatic carboxylic acids is 1. The Bertz CT molecular complexity index is 459. The third-order valence-electron chi connectivity index (χ3n) is 3.69. The highest BCUT2D eigenvalue weighted by atomic mass is 16.4. The van der Waals surface area contributed by atoms with Gasteiger partial charge in [0.1, 0.15) is 0 Å². The second-order valence-electron chi connectivity index (χ2n) is 5.13. The molecular weight excluding hydrogens is 240 g/mol. The molecule has 1 atom stereocenters. The van der Waals surface area contributed by atoms with Crippen LogP contribution in [0.2, 0.25) is 0 Å². The molecular formula is C15H22N2O2. The standard InChI is InChI=1S/C15H22N2O2/c1-3-12-6-4-5-11(2)15(12)17-8-7-16-13(10-17)9-14(18)19/h4-6,13,16H,3,7-10H2,1-2H3,(H,18,19). The van der Waals surface area contributed by atoms with E-state index < -0.39 is 5.97 Å². The topological polar surface area (TPSA) is 52.6 Å². The van der Waals surface area contributed by atoms with Crippen molar-refractivity contribution in [2.75, 3.05) is 24.5 Å². The maximum Gasteiger partial charge on any atom is 0.304 e. The van der Waals surface area contributed by atoms with Gasteiger partial charge in [0.05, 0.1) is 6.42 Å². The number of hydrogen-bond donors (Lipinski definition) is 2. The predicted molar refractivity (Wildman–Crippen MR) is 76.8 cm³/mol. The van der Waals surface area contributed by atoms with Crippen LogP contribution in [0.25, 0.3) is 0 Å². The number of para-hydroxylation sites is 1. The van der Waals surface area contributed by atoms with Crippen LogP contribution < -0.4 is 10.2 Å². The Morgan fingerprint density at radius 1 is 1.53 bits per heavy atom.